The topological polar surface area (TPSA) is 110 Å². The van der Waals surface area contributed by atoms with Crippen LogP contribution in [0.5, 0.6) is 0 Å². The second-order valence-corrected chi connectivity index (χ2v) is 13.2. The van der Waals surface area contributed by atoms with Crippen molar-refractivity contribution in [1.29, 1.82) is 5.26 Å². The number of alkyl halides is 5. The number of pyridine rings is 2. The summed E-state index contributed by atoms with van der Waals surface area (Å²) in [7, 11) is 1.62. The van der Waals surface area contributed by atoms with Gasteiger partial charge in [-0.1, -0.05) is 36.8 Å². The Morgan fingerprint density at radius 1 is 1.27 bits per heavy atom. The Hall–Kier alpha value is -4.61. The number of anilines is 2. The minimum absolute atomic E-state index is 0.0242. The van der Waals surface area contributed by atoms with Gasteiger partial charge in [-0.3, -0.25) is 14.8 Å². The van der Waals surface area contributed by atoms with Crippen molar-refractivity contribution in [3.63, 3.8) is 0 Å². The molecule has 1 aromatic carbocycles. The molecular formula is C34H34ClF5N8O. The van der Waals surface area contributed by atoms with Gasteiger partial charge in [-0.15, -0.1) is 5.53 Å². The number of fused-ring (bicyclic) bond motifs is 1. The van der Waals surface area contributed by atoms with Crippen LogP contribution in [0.3, 0.4) is 0 Å². The van der Waals surface area contributed by atoms with Crippen LogP contribution in [-0.4, -0.2) is 45.3 Å². The number of aryl methyl sites for hydroxylation is 1. The third-order valence-corrected chi connectivity index (χ3v) is 10.0. The number of nitrogens with one attached hydrogen (secondary N) is 4. The molecule has 3 aromatic rings. The Balaban J connectivity index is 1.43. The van der Waals surface area contributed by atoms with Crippen LogP contribution in [0.15, 0.2) is 59.9 Å². The maximum atomic E-state index is 14.0. The Kier molecular flexibility index (Phi) is 8.87. The molecule has 6 rings (SSSR count). The Bertz CT molecular complexity index is 1970. The highest BCUT2D eigenvalue weighted by Gasteiger charge is 2.58. The van der Waals surface area contributed by atoms with Gasteiger partial charge in [0.05, 0.1) is 38.9 Å². The lowest BCUT2D eigenvalue weighted by Crippen LogP contribution is -2.48. The van der Waals surface area contributed by atoms with E-state index in [1.165, 1.54) is 22.0 Å². The molecule has 3 heterocycles. The number of allylic oxidation sites excluding steroid dienone is 1. The summed E-state index contributed by atoms with van der Waals surface area (Å²) in [5.74, 6) is 0. The monoisotopic (exact) mass is 700 g/mol. The second-order valence-electron chi connectivity index (χ2n) is 12.8. The summed E-state index contributed by atoms with van der Waals surface area (Å²) < 4.78 is 71.6. The van der Waals surface area contributed by atoms with E-state index in [2.05, 4.69) is 33.2 Å². The molecule has 2 saturated carbocycles. The largest absolute Gasteiger partial charge is 0.396 e. The molecular weight excluding hydrogens is 667 g/mol. The summed E-state index contributed by atoms with van der Waals surface area (Å²) in [6.45, 7) is 5.65. The van der Waals surface area contributed by atoms with Crippen molar-refractivity contribution in [2.24, 2.45) is 12.5 Å². The number of rotatable bonds is 11. The smallest absolute Gasteiger partial charge is 0.382 e. The molecule has 9 nitrogen and oxygen atoms in total. The quantitative estimate of drug-likeness (QED) is 0.157. The lowest BCUT2D eigenvalue weighted by Gasteiger charge is -2.43. The first-order valence-electron chi connectivity index (χ1n) is 15.7. The van der Waals surface area contributed by atoms with Crippen molar-refractivity contribution in [1.82, 2.24) is 25.5 Å². The summed E-state index contributed by atoms with van der Waals surface area (Å²) in [6, 6.07) is 6.05. The van der Waals surface area contributed by atoms with Crippen LogP contribution in [0, 0.1) is 16.7 Å². The number of nitrogens with zero attached hydrogens (tertiary/aromatic N) is 4. The average Bonchev–Trinajstić information content (AvgIpc) is 3.71. The molecule has 2 aliphatic carbocycles. The number of benzene rings is 1. The van der Waals surface area contributed by atoms with E-state index in [0.29, 0.717) is 39.9 Å². The van der Waals surface area contributed by atoms with E-state index in [4.69, 9.17) is 11.6 Å². The van der Waals surface area contributed by atoms with E-state index < -0.39 is 36.1 Å². The highest BCUT2D eigenvalue weighted by molar-refractivity contribution is 6.35. The second kappa shape index (κ2) is 12.7. The molecule has 2 aromatic heterocycles. The minimum atomic E-state index is -4.43. The number of hydrazine groups is 2. The molecule has 1 atom stereocenters. The van der Waals surface area contributed by atoms with Crippen LogP contribution in [0.4, 0.5) is 33.3 Å². The molecule has 4 N–H and O–H groups in total. The molecule has 0 amide bonds. The number of halogens is 6. The van der Waals surface area contributed by atoms with Gasteiger partial charge in [0, 0.05) is 48.8 Å². The van der Waals surface area contributed by atoms with Gasteiger partial charge >= 0.3 is 6.18 Å². The van der Waals surface area contributed by atoms with Crippen LogP contribution in [-0.2, 0) is 7.05 Å². The van der Waals surface area contributed by atoms with E-state index in [9.17, 15) is 32.0 Å². The normalized spacial score (nSPS) is 18.5. The third kappa shape index (κ3) is 5.99. The van der Waals surface area contributed by atoms with Crippen LogP contribution >= 0.6 is 11.6 Å². The van der Waals surface area contributed by atoms with E-state index in [1.54, 1.807) is 50.5 Å². The summed E-state index contributed by atoms with van der Waals surface area (Å²) in [4.78, 5) is 17.5. The highest BCUT2D eigenvalue weighted by Crippen LogP contribution is 2.53. The van der Waals surface area contributed by atoms with E-state index >= 15 is 0 Å². The molecule has 15 heteroatoms. The molecule has 0 saturated heterocycles. The van der Waals surface area contributed by atoms with Crippen LogP contribution in [0.1, 0.15) is 55.7 Å². The predicted molar refractivity (Wildman–Crippen MR) is 179 cm³/mol. The zero-order valence-electron chi connectivity index (χ0n) is 26.7. The van der Waals surface area contributed by atoms with Crippen molar-refractivity contribution < 1.29 is 22.0 Å². The Morgan fingerprint density at radius 2 is 2.00 bits per heavy atom. The van der Waals surface area contributed by atoms with E-state index in [0.717, 1.165) is 0 Å². The number of nitriles is 1. The van der Waals surface area contributed by atoms with Crippen molar-refractivity contribution in [3.8, 4) is 6.07 Å². The molecule has 2 fully saturated rings. The van der Waals surface area contributed by atoms with Gasteiger partial charge in [0.2, 0.25) is 0 Å². The zero-order chi connectivity index (χ0) is 35.3. The molecule has 0 unspecified atom stereocenters. The predicted octanol–water partition coefficient (Wildman–Crippen LogP) is 7.09. The lowest BCUT2D eigenvalue weighted by molar-refractivity contribution is -0.244. The lowest BCUT2D eigenvalue weighted by atomic mass is 9.68. The van der Waals surface area contributed by atoms with Crippen LogP contribution in [0.25, 0.3) is 22.6 Å². The van der Waals surface area contributed by atoms with Gasteiger partial charge in [-0.25, -0.2) is 8.78 Å². The summed E-state index contributed by atoms with van der Waals surface area (Å²) in [6.07, 6.45) is 1.68. The average molecular weight is 701 g/mol. The molecule has 0 radical (unpaired) electrons. The SMILES string of the molecule is C=C(c1ccn(C)c(=O)c1/C=C\C)[C@H](Nc1cc(Cl)c2ncc(C#N)c(NCC3(C(F)(F)F)CCC3)c2c1)C1=CN(C2(C(F)F)CC2)NN1. The van der Waals surface area contributed by atoms with Gasteiger partial charge in [0.25, 0.3) is 12.0 Å². The number of aromatic nitrogens is 2. The molecule has 0 bridgehead atoms. The van der Waals surface area contributed by atoms with Crippen molar-refractivity contribution in [2.75, 3.05) is 17.2 Å². The van der Waals surface area contributed by atoms with Gasteiger partial charge < -0.3 is 20.6 Å². The summed E-state index contributed by atoms with van der Waals surface area (Å²) >= 11 is 6.70. The van der Waals surface area contributed by atoms with Gasteiger partial charge in [0.15, 0.2) is 0 Å². The fraction of sp³-hybridized carbons (Fsp3) is 0.382. The fourth-order valence-electron chi connectivity index (χ4n) is 6.38. The summed E-state index contributed by atoms with van der Waals surface area (Å²) in [5, 5.41) is 17.9. The standard InChI is InChI=1S/C34H34ClF5N8O/c1-4-6-23-22(7-12-47(3)30(23)49)19(2)27(26-17-48(46-45-26)33(10-11-33)31(36)37)44-21-13-24-28(20(15-41)16-42-29(24)25(35)14-21)43-18-32(8-5-9-32)34(38,39)40/h4,6-7,12-14,16-17,27,31,44-46H,2,5,8-11,18H2,1,3H3,(H,42,43)/b6-4-/t27-/m0/s1. The third-order valence-electron chi connectivity index (χ3n) is 9.75. The Labute approximate surface area is 284 Å². The van der Waals surface area contributed by atoms with E-state index in [1.807, 2.05) is 6.07 Å². The van der Waals surface area contributed by atoms with Crippen molar-refractivity contribution >= 4 is 45.5 Å². The van der Waals surface area contributed by atoms with Gasteiger partial charge in [-0.05, 0) is 61.9 Å². The van der Waals surface area contributed by atoms with Gasteiger partial charge in [-0.2, -0.15) is 18.4 Å². The number of hydrogen-bond acceptors (Lipinski definition) is 8. The fourth-order valence-corrected chi connectivity index (χ4v) is 6.65. The molecule has 1 aliphatic heterocycles. The van der Waals surface area contributed by atoms with Crippen molar-refractivity contribution in [2.45, 2.75) is 63.2 Å². The zero-order valence-corrected chi connectivity index (χ0v) is 27.4. The van der Waals surface area contributed by atoms with E-state index in [-0.39, 0.29) is 53.0 Å². The molecule has 49 heavy (non-hydrogen) atoms. The van der Waals surface area contributed by atoms with Crippen molar-refractivity contribution in [3.05, 3.63) is 87.2 Å². The summed E-state index contributed by atoms with van der Waals surface area (Å²) in [5.41, 5.74) is 4.72. The highest BCUT2D eigenvalue weighted by atomic mass is 35.5. The first kappa shape index (κ1) is 34.3. The van der Waals surface area contributed by atoms with Crippen LogP contribution < -0.4 is 27.2 Å². The molecule has 258 valence electrons. The molecule has 3 aliphatic rings. The molecule has 0 spiro atoms. The first-order valence-corrected chi connectivity index (χ1v) is 16.0. The van der Waals surface area contributed by atoms with Gasteiger partial charge in [0.1, 0.15) is 11.6 Å². The Morgan fingerprint density at radius 3 is 2.59 bits per heavy atom. The number of hydrogen-bond donors (Lipinski definition) is 4. The van der Waals surface area contributed by atoms with Crippen LogP contribution in [0.2, 0.25) is 5.02 Å². The maximum absolute atomic E-state index is 14.0. The first-order chi connectivity index (χ1) is 23.2. The maximum Gasteiger partial charge on any atom is 0.396 e. The minimum Gasteiger partial charge on any atom is -0.382 e.